The normalized spacial score (nSPS) is 11.4. The van der Waals surface area contributed by atoms with E-state index in [-0.39, 0.29) is 31.2 Å². The Balaban J connectivity index is 2.00. The van der Waals surface area contributed by atoms with Crippen LogP contribution in [0.25, 0.3) is 0 Å². The van der Waals surface area contributed by atoms with Gasteiger partial charge in [-0.3, -0.25) is 9.59 Å². The van der Waals surface area contributed by atoms with Gasteiger partial charge in [0.25, 0.3) is 0 Å². The zero-order valence-corrected chi connectivity index (χ0v) is 16.5. The number of Topliss-reactive ketones (excluding diaryl/α,β-unsaturated/α-hetero) is 1. The molecule has 144 valence electrons. The van der Waals surface area contributed by atoms with Gasteiger partial charge in [0.05, 0.1) is 6.26 Å². The number of ketones is 1. The van der Waals surface area contributed by atoms with Gasteiger partial charge in [0.2, 0.25) is 15.9 Å². The number of hydrogen-bond acceptors (Lipinski definition) is 4. The fourth-order valence-corrected chi connectivity index (χ4v) is 3.33. The Morgan fingerprint density at radius 1 is 1.07 bits per heavy atom. The quantitative estimate of drug-likeness (QED) is 0.705. The number of benzene rings is 2. The Morgan fingerprint density at radius 2 is 1.74 bits per heavy atom. The van der Waals surface area contributed by atoms with Gasteiger partial charge in [-0.25, -0.2) is 8.42 Å². The number of carbonyl (C=O) groups is 2. The fourth-order valence-electron chi connectivity index (χ4n) is 2.52. The predicted octanol–water partition coefficient (Wildman–Crippen LogP) is 2.99. The third-order valence-corrected chi connectivity index (χ3v) is 5.34. The lowest BCUT2D eigenvalue weighted by Crippen LogP contribution is -2.32. The molecule has 0 aliphatic carbocycles. The summed E-state index contributed by atoms with van der Waals surface area (Å²) in [5, 5.41) is 2.70. The topological polar surface area (TPSA) is 83.6 Å². The smallest absolute Gasteiger partial charge is 0.225 e. The second-order valence-corrected chi connectivity index (χ2v) is 8.50. The van der Waals surface area contributed by atoms with E-state index in [0.29, 0.717) is 11.3 Å². The van der Waals surface area contributed by atoms with E-state index in [2.05, 4.69) is 5.32 Å². The van der Waals surface area contributed by atoms with Crippen molar-refractivity contribution in [3.05, 3.63) is 65.2 Å². The average Bonchev–Trinajstić information content (AvgIpc) is 2.59. The van der Waals surface area contributed by atoms with E-state index in [9.17, 15) is 18.0 Å². The van der Waals surface area contributed by atoms with Crippen LogP contribution in [0.2, 0.25) is 0 Å². The van der Waals surface area contributed by atoms with E-state index in [1.165, 1.54) is 11.2 Å². The van der Waals surface area contributed by atoms with Crippen LogP contribution in [0.4, 0.5) is 5.69 Å². The van der Waals surface area contributed by atoms with Crippen molar-refractivity contribution in [1.82, 2.24) is 4.31 Å². The minimum atomic E-state index is -3.45. The Bertz CT molecular complexity index is 921. The van der Waals surface area contributed by atoms with Crippen molar-refractivity contribution >= 4 is 27.4 Å². The van der Waals surface area contributed by atoms with Gasteiger partial charge in [-0.2, -0.15) is 4.31 Å². The van der Waals surface area contributed by atoms with Crippen LogP contribution in [0, 0.1) is 6.92 Å². The highest BCUT2D eigenvalue weighted by Gasteiger charge is 2.18. The molecular formula is C20H24N2O4S. The first-order valence-electron chi connectivity index (χ1n) is 8.56. The summed E-state index contributed by atoms with van der Waals surface area (Å²) >= 11 is 0. The van der Waals surface area contributed by atoms with Crippen LogP contribution in [0.5, 0.6) is 0 Å². The number of carbonyl (C=O) groups excluding carboxylic acids is 2. The van der Waals surface area contributed by atoms with Crippen molar-refractivity contribution in [3.63, 3.8) is 0 Å². The second-order valence-electron chi connectivity index (χ2n) is 6.52. The lowest BCUT2D eigenvalue weighted by atomic mass is 10.1. The minimum absolute atomic E-state index is 0.0171. The Kier molecular flexibility index (Phi) is 6.87. The molecule has 0 aromatic heterocycles. The van der Waals surface area contributed by atoms with Crippen molar-refractivity contribution in [2.75, 3.05) is 18.1 Å². The summed E-state index contributed by atoms with van der Waals surface area (Å²) in [6.07, 6.45) is 1.15. The van der Waals surface area contributed by atoms with Gasteiger partial charge in [-0.1, -0.05) is 42.0 Å². The molecule has 1 N–H and O–H groups in total. The molecule has 2 rings (SSSR count). The number of nitrogens with zero attached hydrogens (tertiary/aromatic N) is 1. The summed E-state index contributed by atoms with van der Waals surface area (Å²) in [6, 6.07) is 14.2. The molecule has 0 spiro atoms. The van der Waals surface area contributed by atoms with Gasteiger partial charge in [0.15, 0.2) is 5.78 Å². The molecule has 0 unspecified atom stereocenters. The van der Waals surface area contributed by atoms with Gasteiger partial charge in [-0.15, -0.1) is 0 Å². The summed E-state index contributed by atoms with van der Waals surface area (Å²) in [4.78, 5) is 23.6. The molecule has 7 heteroatoms. The summed E-state index contributed by atoms with van der Waals surface area (Å²) in [5.74, 6) is -0.402. The third kappa shape index (κ3) is 6.62. The first-order chi connectivity index (χ1) is 12.6. The number of anilines is 1. The minimum Gasteiger partial charge on any atom is -0.326 e. The van der Waals surface area contributed by atoms with Crippen molar-refractivity contribution in [3.8, 4) is 0 Å². The van der Waals surface area contributed by atoms with Gasteiger partial charge in [-0.05, 0) is 31.5 Å². The first-order valence-corrected chi connectivity index (χ1v) is 10.4. The van der Waals surface area contributed by atoms with Gasteiger partial charge >= 0.3 is 0 Å². The highest BCUT2D eigenvalue weighted by atomic mass is 32.2. The van der Waals surface area contributed by atoms with Gasteiger partial charge in [0.1, 0.15) is 0 Å². The summed E-state index contributed by atoms with van der Waals surface area (Å²) < 4.78 is 25.4. The molecule has 2 aromatic carbocycles. The van der Waals surface area contributed by atoms with E-state index < -0.39 is 10.0 Å². The number of aryl methyl sites for hydroxylation is 1. The molecule has 0 saturated carbocycles. The molecule has 27 heavy (non-hydrogen) atoms. The summed E-state index contributed by atoms with van der Waals surface area (Å²) in [5.41, 5.74) is 2.97. The van der Waals surface area contributed by atoms with Crippen molar-refractivity contribution < 1.29 is 18.0 Å². The number of nitrogens with one attached hydrogen (secondary N) is 1. The number of hydrogen-bond donors (Lipinski definition) is 1. The molecule has 0 radical (unpaired) electrons. The molecule has 0 bridgehead atoms. The summed E-state index contributed by atoms with van der Waals surface area (Å²) in [7, 11) is -3.45. The molecule has 0 fully saturated rings. The maximum Gasteiger partial charge on any atom is 0.225 e. The SMILES string of the molecule is CC(=O)c1cccc(NC(=O)CCN(Cc2ccc(C)cc2)S(C)(=O)=O)c1. The molecule has 0 atom stereocenters. The van der Waals surface area contributed by atoms with E-state index in [1.54, 1.807) is 24.3 Å². The number of rotatable bonds is 8. The second kappa shape index (κ2) is 8.92. The average molecular weight is 388 g/mol. The van der Waals surface area contributed by atoms with Crippen LogP contribution < -0.4 is 5.32 Å². The van der Waals surface area contributed by atoms with Crippen LogP contribution >= 0.6 is 0 Å². The highest BCUT2D eigenvalue weighted by Crippen LogP contribution is 2.13. The maximum absolute atomic E-state index is 12.2. The van der Waals surface area contributed by atoms with Crippen LogP contribution in [0.15, 0.2) is 48.5 Å². The van der Waals surface area contributed by atoms with Gasteiger partial charge < -0.3 is 5.32 Å². The predicted molar refractivity (Wildman–Crippen MR) is 106 cm³/mol. The number of sulfonamides is 1. The van der Waals surface area contributed by atoms with E-state index in [4.69, 9.17) is 0 Å². The van der Waals surface area contributed by atoms with Crippen molar-refractivity contribution in [2.24, 2.45) is 0 Å². The maximum atomic E-state index is 12.2. The Morgan fingerprint density at radius 3 is 2.33 bits per heavy atom. The molecule has 0 aliphatic rings. The standard InChI is InChI=1S/C20H24N2O4S/c1-15-7-9-17(10-8-15)14-22(27(3,25)26)12-11-20(24)21-19-6-4-5-18(13-19)16(2)23/h4-10,13H,11-12,14H2,1-3H3,(H,21,24). The molecule has 0 saturated heterocycles. The first kappa shape index (κ1) is 20.8. The zero-order valence-electron chi connectivity index (χ0n) is 15.7. The third-order valence-electron chi connectivity index (χ3n) is 4.09. The molecule has 2 aromatic rings. The number of amides is 1. The summed E-state index contributed by atoms with van der Waals surface area (Å²) in [6.45, 7) is 3.71. The fraction of sp³-hybridized carbons (Fsp3) is 0.300. The lowest BCUT2D eigenvalue weighted by Gasteiger charge is -2.20. The Labute approximate surface area is 160 Å². The Hall–Kier alpha value is -2.51. The van der Waals surface area contributed by atoms with E-state index in [1.807, 2.05) is 31.2 Å². The van der Waals surface area contributed by atoms with Crippen LogP contribution in [-0.4, -0.2) is 37.2 Å². The monoisotopic (exact) mass is 388 g/mol. The van der Waals surface area contributed by atoms with Crippen molar-refractivity contribution in [2.45, 2.75) is 26.8 Å². The molecular weight excluding hydrogens is 364 g/mol. The van der Waals surface area contributed by atoms with Crippen LogP contribution in [0.3, 0.4) is 0 Å². The molecule has 6 nitrogen and oxygen atoms in total. The van der Waals surface area contributed by atoms with Crippen LogP contribution in [-0.2, 0) is 21.4 Å². The molecule has 1 amide bonds. The highest BCUT2D eigenvalue weighted by molar-refractivity contribution is 7.88. The van der Waals surface area contributed by atoms with Crippen LogP contribution in [0.1, 0.15) is 34.8 Å². The largest absolute Gasteiger partial charge is 0.326 e. The zero-order chi connectivity index (χ0) is 20.0. The van der Waals surface area contributed by atoms with E-state index >= 15 is 0 Å². The van der Waals surface area contributed by atoms with Crippen molar-refractivity contribution in [1.29, 1.82) is 0 Å². The molecule has 0 aliphatic heterocycles. The van der Waals surface area contributed by atoms with Gasteiger partial charge in [0, 0.05) is 30.8 Å². The lowest BCUT2D eigenvalue weighted by molar-refractivity contribution is -0.116. The van der Waals surface area contributed by atoms with E-state index in [0.717, 1.165) is 17.4 Å². The molecule has 0 heterocycles.